The summed E-state index contributed by atoms with van der Waals surface area (Å²) in [5, 5.41) is 5.12. The molecule has 2 N–H and O–H groups in total. The number of pyridine rings is 2. The number of nitrogens with zero attached hydrogens (tertiary/aromatic N) is 3. The lowest BCUT2D eigenvalue weighted by molar-refractivity contribution is -0.206. The molecule has 31 heavy (non-hydrogen) atoms. The number of aromatic nitrogens is 2. The average molecular weight is 447 g/mol. The number of fused-ring (bicyclic) bond motifs is 1. The fourth-order valence-electron chi connectivity index (χ4n) is 3.46. The van der Waals surface area contributed by atoms with E-state index in [1.165, 1.54) is 0 Å². The molecular weight excluding hydrogens is 432 g/mol. The SMILES string of the molecule is O=C1Nc2nccc(-c3cc(C(F)(F)F)cc(N4CCNCC4)n3)c2[C@H](C(F)(F)F)O1. The number of piperazine rings is 1. The van der Waals surface area contributed by atoms with Gasteiger partial charge in [-0.05, 0) is 18.2 Å². The van der Waals surface area contributed by atoms with Gasteiger partial charge in [0.1, 0.15) is 11.6 Å². The number of alkyl halides is 6. The molecule has 13 heteroatoms. The molecule has 2 aromatic heterocycles. The molecule has 0 saturated carbocycles. The van der Waals surface area contributed by atoms with Crippen molar-refractivity contribution in [2.45, 2.75) is 18.5 Å². The summed E-state index contributed by atoms with van der Waals surface area (Å²) in [6.07, 6.45) is -12.7. The van der Waals surface area contributed by atoms with Gasteiger partial charge in [0, 0.05) is 37.9 Å². The summed E-state index contributed by atoms with van der Waals surface area (Å²) in [5.74, 6) is -0.458. The second-order valence-electron chi connectivity index (χ2n) is 6.91. The minimum atomic E-state index is -5.01. The third-order valence-electron chi connectivity index (χ3n) is 4.85. The van der Waals surface area contributed by atoms with Gasteiger partial charge in [-0.1, -0.05) is 0 Å². The van der Waals surface area contributed by atoms with Crippen molar-refractivity contribution in [2.75, 3.05) is 36.4 Å². The van der Waals surface area contributed by atoms with Crippen LogP contribution in [0.4, 0.5) is 42.8 Å². The van der Waals surface area contributed by atoms with Gasteiger partial charge >= 0.3 is 18.4 Å². The van der Waals surface area contributed by atoms with Crippen LogP contribution in [0, 0.1) is 0 Å². The van der Waals surface area contributed by atoms with Gasteiger partial charge in [0.15, 0.2) is 0 Å². The number of hydrogen-bond donors (Lipinski definition) is 2. The Morgan fingerprint density at radius 2 is 1.81 bits per heavy atom. The van der Waals surface area contributed by atoms with Crippen LogP contribution in [0.5, 0.6) is 0 Å². The van der Waals surface area contributed by atoms with Crippen LogP contribution < -0.4 is 15.5 Å². The minimum Gasteiger partial charge on any atom is -0.431 e. The lowest BCUT2D eigenvalue weighted by Crippen LogP contribution is -2.44. The Bertz CT molecular complexity index is 1000. The van der Waals surface area contributed by atoms with E-state index >= 15 is 0 Å². The van der Waals surface area contributed by atoms with E-state index in [9.17, 15) is 31.1 Å². The highest BCUT2D eigenvalue weighted by molar-refractivity contribution is 5.89. The van der Waals surface area contributed by atoms with Crippen molar-refractivity contribution >= 4 is 17.7 Å². The Balaban J connectivity index is 1.90. The monoisotopic (exact) mass is 447 g/mol. The summed E-state index contributed by atoms with van der Waals surface area (Å²) >= 11 is 0. The number of anilines is 2. The molecule has 7 nitrogen and oxygen atoms in total. The van der Waals surface area contributed by atoms with Crippen molar-refractivity contribution in [1.29, 1.82) is 0 Å². The Kier molecular flexibility index (Phi) is 5.15. The third kappa shape index (κ3) is 4.22. The van der Waals surface area contributed by atoms with Crippen LogP contribution in [0.15, 0.2) is 24.4 Å². The normalized spacial score (nSPS) is 19.5. The molecule has 0 spiro atoms. The molecule has 4 rings (SSSR count). The molecule has 4 heterocycles. The van der Waals surface area contributed by atoms with Gasteiger partial charge in [0.25, 0.3) is 0 Å². The lowest BCUT2D eigenvalue weighted by atomic mass is 9.98. The standard InChI is InChI=1S/C18H15F6N5O2/c19-17(20,21)9-7-11(27-12(8-9)29-5-3-25-4-6-29)10-1-2-26-15-13(10)14(18(22,23)24)31-16(30)28-15/h1-2,7-8,14,25H,3-6H2,(H,26,28,30)/t14-/m1/s1. The van der Waals surface area contributed by atoms with Crippen LogP contribution in [0.2, 0.25) is 0 Å². The third-order valence-corrected chi connectivity index (χ3v) is 4.85. The smallest absolute Gasteiger partial charge is 0.430 e. The van der Waals surface area contributed by atoms with Gasteiger partial charge in [0.2, 0.25) is 6.10 Å². The highest BCUT2D eigenvalue weighted by atomic mass is 19.4. The van der Waals surface area contributed by atoms with Gasteiger partial charge in [-0.25, -0.2) is 14.8 Å². The minimum absolute atomic E-state index is 0.0128. The van der Waals surface area contributed by atoms with Gasteiger partial charge in [-0.3, -0.25) is 5.32 Å². The maximum atomic E-state index is 13.6. The van der Waals surface area contributed by atoms with Crippen molar-refractivity contribution in [3.63, 3.8) is 0 Å². The fourth-order valence-corrected chi connectivity index (χ4v) is 3.46. The summed E-state index contributed by atoms with van der Waals surface area (Å²) in [6, 6.07) is 2.65. The largest absolute Gasteiger partial charge is 0.431 e. The summed E-state index contributed by atoms with van der Waals surface area (Å²) < 4.78 is 85.8. The lowest BCUT2D eigenvalue weighted by Gasteiger charge is -2.30. The zero-order valence-corrected chi connectivity index (χ0v) is 15.6. The Morgan fingerprint density at radius 3 is 2.45 bits per heavy atom. The first-order valence-corrected chi connectivity index (χ1v) is 9.12. The summed E-state index contributed by atoms with van der Waals surface area (Å²) in [7, 11) is 0. The molecule has 1 saturated heterocycles. The number of ether oxygens (including phenoxy) is 1. The number of halogens is 6. The van der Waals surface area contributed by atoms with Crippen molar-refractivity contribution < 1.29 is 35.9 Å². The zero-order chi connectivity index (χ0) is 22.4. The number of carbonyl (C=O) groups excluding carboxylic acids is 1. The molecular formula is C18H15F6N5O2. The molecule has 1 amide bonds. The molecule has 1 atom stereocenters. The molecule has 2 aliphatic rings. The van der Waals surface area contributed by atoms with E-state index in [2.05, 4.69) is 25.3 Å². The number of cyclic esters (lactones) is 1. The molecule has 2 aliphatic heterocycles. The first kappa shape index (κ1) is 21.2. The van der Waals surface area contributed by atoms with Crippen LogP contribution in [0.25, 0.3) is 11.3 Å². The van der Waals surface area contributed by atoms with Gasteiger partial charge in [-0.2, -0.15) is 26.3 Å². The van der Waals surface area contributed by atoms with Crippen LogP contribution in [0.3, 0.4) is 0 Å². The Morgan fingerprint density at radius 1 is 1.10 bits per heavy atom. The maximum Gasteiger partial charge on any atom is 0.430 e. The van der Waals surface area contributed by atoms with E-state index in [1.54, 1.807) is 4.90 Å². The van der Waals surface area contributed by atoms with Gasteiger partial charge in [-0.15, -0.1) is 0 Å². The first-order valence-electron chi connectivity index (χ1n) is 9.12. The molecule has 0 aromatic carbocycles. The van der Waals surface area contributed by atoms with Crippen molar-refractivity contribution in [3.8, 4) is 11.3 Å². The van der Waals surface area contributed by atoms with Gasteiger partial charge < -0.3 is 15.0 Å². The van der Waals surface area contributed by atoms with Crippen molar-refractivity contribution in [3.05, 3.63) is 35.5 Å². The number of amides is 1. The molecule has 0 bridgehead atoms. The molecule has 0 aliphatic carbocycles. The molecule has 166 valence electrons. The van der Waals surface area contributed by atoms with Crippen molar-refractivity contribution in [1.82, 2.24) is 15.3 Å². The highest BCUT2D eigenvalue weighted by Gasteiger charge is 2.49. The molecule has 2 aromatic rings. The Hall–Kier alpha value is -3.09. The van der Waals surface area contributed by atoms with Crippen molar-refractivity contribution in [2.24, 2.45) is 0 Å². The summed E-state index contributed by atoms with van der Waals surface area (Å²) in [4.78, 5) is 21.1. The number of rotatable bonds is 2. The van der Waals surface area contributed by atoms with E-state index in [0.29, 0.717) is 32.2 Å². The predicted octanol–water partition coefficient (Wildman–Crippen LogP) is 3.74. The number of carbonyl (C=O) groups is 1. The molecule has 0 unspecified atom stereocenters. The van der Waals surface area contributed by atoms with Crippen LogP contribution in [0.1, 0.15) is 17.2 Å². The van der Waals surface area contributed by atoms with E-state index in [4.69, 9.17) is 0 Å². The van der Waals surface area contributed by atoms with Crippen LogP contribution in [-0.4, -0.2) is 48.4 Å². The zero-order valence-electron chi connectivity index (χ0n) is 15.6. The first-order chi connectivity index (χ1) is 14.5. The van der Waals surface area contributed by atoms with E-state index in [-0.39, 0.29) is 17.1 Å². The number of hydrogen-bond acceptors (Lipinski definition) is 6. The van der Waals surface area contributed by atoms with E-state index in [1.807, 2.05) is 0 Å². The maximum absolute atomic E-state index is 13.6. The van der Waals surface area contributed by atoms with Crippen LogP contribution in [-0.2, 0) is 10.9 Å². The molecule has 1 fully saturated rings. The highest BCUT2D eigenvalue weighted by Crippen LogP contribution is 2.46. The Labute approximate surface area is 171 Å². The van der Waals surface area contributed by atoms with E-state index in [0.717, 1.165) is 18.3 Å². The van der Waals surface area contributed by atoms with E-state index < -0.39 is 41.5 Å². The second kappa shape index (κ2) is 7.55. The summed E-state index contributed by atoms with van der Waals surface area (Å²) in [6.45, 7) is 1.81. The summed E-state index contributed by atoms with van der Waals surface area (Å²) in [5.41, 5.74) is -2.26. The topological polar surface area (TPSA) is 79.4 Å². The van der Waals surface area contributed by atoms with Gasteiger partial charge in [0.05, 0.1) is 16.8 Å². The second-order valence-corrected chi connectivity index (χ2v) is 6.91. The quantitative estimate of drug-likeness (QED) is 0.683. The molecule has 0 radical (unpaired) electrons. The number of nitrogens with one attached hydrogen (secondary N) is 2. The average Bonchev–Trinajstić information content (AvgIpc) is 2.71. The van der Waals surface area contributed by atoms with Crippen LogP contribution >= 0.6 is 0 Å². The predicted molar refractivity (Wildman–Crippen MR) is 96.5 cm³/mol. The fraction of sp³-hybridized carbons (Fsp3) is 0.389.